The van der Waals surface area contributed by atoms with Gasteiger partial charge in [0.25, 0.3) is 11.5 Å². The van der Waals surface area contributed by atoms with Gasteiger partial charge in [-0.2, -0.15) is 9.78 Å². The van der Waals surface area contributed by atoms with Crippen molar-refractivity contribution in [1.29, 1.82) is 0 Å². The number of fused-ring (bicyclic) bond motifs is 1. The Morgan fingerprint density at radius 3 is 2.56 bits per heavy atom. The summed E-state index contributed by atoms with van der Waals surface area (Å²) < 4.78 is 6.60. The van der Waals surface area contributed by atoms with Crippen LogP contribution in [-0.2, 0) is 0 Å². The number of benzene rings is 2. The van der Waals surface area contributed by atoms with Crippen LogP contribution in [0.15, 0.2) is 59.8 Å². The Labute approximate surface area is 185 Å². The Kier molecular flexibility index (Phi) is 5.63. The van der Waals surface area contributed by atoms with Crippen LogP contribution in [0.5, 0.6) is 5.75 Å². The molecule has 0 saturated heterocycles. The molecule has 0 unspecified atom stereocenters. The van der Waals surface area contributed by atoms with Gasteiger partial charge in [-0.05, 0) is 55.7 Å². The number of hydrogen-bond donors (Lipinski definition) is 2. The Morgan fingerprint density at radius 2 is 1.88 bits per heavy atom. The third kappa shape index (κ3) is 4.31. The molecule has 8 nitrogen and oxygen atoms in total. The topological polar surface area (TPSA) is 102 Å². The van der Waals surface area contributed by atoms with Crippen molar-refractivity contribution >= 4 is 16.5 Å². The SMILES string of the molecule is COc1cccc(-c2ccc3c(=O)n(-c4ncc(NCC(C)(C)O)cn4)ncc3c2)c1C. The summed E-state index contributed by atoms with van der Waals surface area (Å²) in [7, 11) is 1.65. The lowest BCUT2D eigenvalue weighted by Crippen LogP contribution is -2.29. The highest BCUT2D eigenvalue weighted by Crippen LogP contribution is 2.31. The third-order valence-corrected chi connectivity index (χ3v) is 5.15. The van der Waals surface area contributed by atoms with E-state index in [2.05, 4.69) is 20.4 Å². The van der Waals surface area contributed by atoms with Crippen molar-refractivity contribution in [3.05, 3.63) is 70.9 Å². The van der Waals surface area contributed by atoms with Crippen LogP contribution in [0.2, 0.25) is 0 Å². The third-order valence-electron chi connectivity index (χ3n) is 5.15. The summed E-state index contributed by atoms with van der Waals surface area (Å²) in [6.45, 7) is 5.76. The number of rotatable bonds is 6. The van der Waals surface area contributed by atoms with Crippen LogP contribution in [0.4, 0.5) is 5.69 Å². The van der Waals surface area contributed by atoms with Crippen LogP contribution in [0.3, 0.4) is 0 Å². The van der Waals surface area contributed by atoms with Crippen LogP contribution in [-0.4, -0.2) is 44.1 Å². The van der Waals surface area contributed by atoms with Gasteiger partial charge in [-0.3, -0.25) is 4.79 Å². The molecule has 0 bridgehead atoms. The lowest BCUT2D eigenvalue weighted by atomic mass is 9.98. The highest BCUT2D eigenvalue weighted by Gasteiger charge is 2.14. The van der Waals surface area contributed by atoms with Gasteiger partial charge in [-0.15, -0.1) is 0 Å². The first-order chi connectivity index (χ1) is 15.3. The smallest absolute Gasteiger partial charge is 0.282 e. The molecule has 0 fully saturated rings. The van der Waals surface area contributed by atoms with E-state index in [1.165, 1.54) is 4.68 Å². The fourth-order valence-corrected chi connectivity index (χ4v) is 3.45. The molecular formula is C24H25N5O3. The summed E-state index contributed by atoms with van der Waals surface area (Å²) in [6, 6.07) is 11.5. The first-order valence-electron chi connectivity index (χ1n) is 10.2. The first kappa shape index (κ1) is 21.5. The Bertz CT molecular complexity index is 1320. The summed E-state index contributed by atoms with van der Waals surface area (Å²) in [6.07, 6.45) is 4.75. The van der Waals surface area contributed by atoms with Gasteiger partial charge in [-0.1, -0.05) is 18.2 Å². The minimum Gasteiger partial charge on any atom is -0.496 e. The van der Waals surface area contributed by atoms with E-state index in [4.69, 9.17) is 4.74 Å². The van der Waals surface area contributed by atoms with Crippen LogP contribution in [0.1, 0.15) is 19.4 Å². The van der Waals surface area contributed by atoms with Gasteiger partial charge in [0.15, 0.2) is 0 Å². The van der Waals surface area contributed by atoms with E-state index in [-0.39, 0.29) is 11.5 Å². The molecule has 0 aliphatic heterocycles. The van der Waals surface area contributed by atoms with E-state index >= 15 is 0 Å². The summed E-state index contributed by atoms with van der Waals surface area (Å²) in [5, 5.41) is 18.4. The largest absolute Gasteiger partial charge is 0.496 e. The highest BCUT2D eigenvalue weighted by atomic mass is 16.5. The maximum atomic E-state index is 13.0. The number of methoxy groups -OCH3 is 1. The second-order valence-corrected chi connectivity index (χ2v) is 8.23. The summed E-state index contributed by atoms with van der Waals surface area (Å²) in [4.78, 5) is 21.5. The van der Waals surface area contributed by atoms with Gasteiger partial charge >= 0.3 is 0 Å². The Balaban J connectivity index is 1.67. The van der Waals surface area contributed by atoms with Gasteiger partial charge in [0.05, 0.1) is 42.4 Å². The van der Waals surface area contributed by atoms with E-state index in [1.807, 2.05) is 37.3 Å². The summed E-state index contributed by atoms with van der Waals surface area (Å²) in [5.41, 5.74) is 2.52. The molecule has 0 atom stereocenters. The van der Waals surface area contributed by atoms with E-state index in [0.717, 1.165) is 27.8 Å². The van der Waals surface area contributed by atoms with Gasteiger partial charge in [-0.25, -0.2) is 9.97 Å². The molecule has 8 heteroatoms. The number of nitrogens with zero attached hydrogens (tertiary/aromatic N) is 4. The lowest BCUT2D eigenvalue weighted by molar-refractivity contribution is 0.0945. The van der Waals surface area contributed by atoms with Gasteiger partial charge < -0.3 is 15.2 Å². The molecule has 2 aromatic carbocycles. The minimum absolute atomic E-state index is 0.179. The van der Waals surface area contributed by atoms with Crippen LogP contribution in [0.25, 0.3) is 27.8 Å². The number of aromatic nitrogens is 4. The maximum absolute atomic E-state index is 13.0. The first-order valence-corrected chi connectivity index (χ1v) is 10.2. The highest BCUT2D eigenvalue weighted by molar-refractivity contribution is 5.87. The molecule has 4 rings (SSSR count). The van der Waals surface area contributed by atoms with Crippen LogP contribution >= 0.6 is 0 Å². The predicted octanol–water partition coefficient (Wildman–Crippen LogP) is 3.34. The van der Waals surface area contributed by atoms with Crippen LogP contribution < -0.4 is 15.6 Å². The van der Waals surface area contributed by atoms with Crippen molar-refractivity contribution in [3.8, 4) is 22.8 Å². The zero-order valence-corrected chi connectivity index (χ0v) is 18.5. The quantitative estimate of drug-likeness (QED) is 0.483. The van der Waals surface area contributed by atoms with E-state index < -0.39 is 5.60 Å². The molecule has 0 spiro atoms. The molecule has 0 saturated carbocycles. The van der Waals surface area contributed by atoms with Crippen molar-refractivity contribution in [1.82, 2.24) is 19.7 Å². The molecule has 0 aliphatic rings. The zero-order chi connectivity index (χ0) is 22.9. The van der Waals surface area contributed by atoms with E-state index in [0.29, 0.717) is 17.6 Å². The molecule has 0 aliphatic carbocycles. The Morgan fingerprint density at radius 1 is 1.12 bits per heavy atom. The lowest BCUT2D eigenvalue weighted by Gasteiger charge is -2.18. The standard InChI is InChI=1S/C24H25N5O3/c1-15-19(6-5-7-21(15)32-4)16-8-9-20-17(10-16)11-28-29(22(20)30)23-25-12-18(13-26-23)27-14-24(2,3)31/h5-13,27,31H,14H2,1-4H3. The van der Waals surface area contributed by atoms with Crippen molar-refractivity contribution < 1.29 is 9.84 Å². The van der Waals surface area contributed by atoms with Crippen LogP contribution in [0, 0.1) is 6.92 Å². The summed E-state index contributed by atoms with van der Waals surface area (Å²) in [5.74, 6) is 0.993. The van der Waals surface area contributed by atoms with Gasteiger partial charge in [0.1, 0.15) is 5.75 Å². The molecule has 2 heterocycles. The van der Waals surface area contributed by atoms with Crippen molar-refractivity contribution in [2.45, 2.75) is 26.4 Å². The minimum atomic E-state index is -0.863. The van der Waals surface area contributed by atoms with E-state index in [9.17, 15) is 9.90 Å². The fourth-order valence-electron chi connectivity index (χ4n) is 3.45. The molecule has 32 heavy (non-hydrogen) atoms. The second-order valence-electron chi connectivity index (χ2n) is 8.23. The number of ether oxygens (including phenoxy) is 1. The number of hydrogen-bond acceptors (Lipinski definition) is 7. The molecule has 4 aromatic rings. The molecule has 2 aromatic heterocycles. The zero-order valence-electron chi connectivity index (χ0n) is 18.5. The monoisotopic (exact) mass is 431 g/mol. The van der Waals surface area contributed by atoms with Crippen molar-refractivity contribution in [3.63, 3.8) is 0 Å². The predicted molar refractivity (Wildman–Crippen MR) is 124 cm³/mol. The van der Waals surface area contributed by atoms with Crippen molar-refractivity contribution in [2.24, 2.45) is 0 Å². The average molecular weight is 431 g/mol. The van der Waals surface area contributed by atoms with E-state index in [1.54, 1.807) is 45.6 Å². The molecular weight excluding hydrogens is 406 g/mol. The molecule has 0 amide bonds. The number of anilines is 1. The number of aliphatic hydroxyl groups is 1. The molecule has 0 radical (unpaired) electrons. The normalized spacial score (nSPS) is 11.5. The van der Waals surface area contributed by atoms with Crippen molar-refractivity contribution in [2.75, 3.05) is 19.0 Å². The molecule has 164 valence electrons. The number of nitrogens with one attached hydrogen (secondary N) is 1. The average Bonchev–Trinajstić information content (AvgIpc) is 2.78. The Hall–Kier alpha value is -3.78. The molecule has 2 N–H and O–H groups in total. The summed E-state index contributed by atoms with van der Waals surface area (Å²) >= 11 is 0. The van der Waals surface area contributed by atoms with Gasteiger partial charge in [0.2, 0.25) is 0 Å². The fraction of sp³-hybridized carbons (Fsp3) is 0.250. The maximum Gasteiger partial charge on any atom is 0.282 e. The van der Waals surface area contributed by atoms with Gasteiger partial charge in [0, 0.05) is 11.9 Å². The second kappa shape index (κ2) is 8.39.